The number of methoxy groups -OCH3 is 1. The van der Waals surface area contributed by atoms with E-state index in [9.17, 15) is 0 Å². The summed E-state index contributed by atoms with van der Waals surface area (Å²) in [6, 6.07) is 15.2. The number of aryl methyl sites for hydroxylation is 1. The first-order chi connectivity index (χ1) is 15.2. The van der Waals surface area contributed by atoms with Gasteiger partial charge in [0.15, 0.2) is 0 Å². The summed E-state index contributed by atoms with van der Waals surface area (Å²) in [6.07, 6.45) is 8.04. The van der Waals surface area contributed by atoms with Gasteiger partial charge < -0.3 is 4.74 Å². The van der Waals surface area contributed by atoms with E-state index in [0.717, 1.165) is 44.0 Å². The van der Waals surface area contributed by atoms with Gasteiger partial charge in [0.2, 0.25) is 0 Å². The number of pyridine rings is 1. The van der Waals surface area contributed by atoms with Crippen LogP contribution in [0.3, 0.4) is 0 Å². The second-order valence-corrected chi connectivity index (χ2v) is 8.53. The number of likely N-dealkylation sites (tertiary alicyclic amines) is 1. The van der Waals surface area contributed by atoms with Gasteiger partial charge in [0.25, 0.3) is 0 Å². The summed E-state index contributed by atoms with van der Waals surface area (Å²) >= 11 is 0. The summed E-state index contributed by atoms with van der Waals surface area (Å²) in [5, 5.41) is 0. The molecule has 3 aromatic rings. The number of nitrogens with zero attached hydrogens (tertiary/aromatic N) is 4. The molecule has 1 aliphatic heterocycles. The van der Waals surface area contributed by atoms with Crippen molar-refractivity contribution in [3.05, 3.63) is 88.8 Å². The lowest BCUT2D eigenvalue weighted by Crippen LogP contribution is -2.34. The summed E-state index contributed by atoms with van der Waals surface area (Å²) in [5.41, 5.74) is 6.22. The van der Waals surface area contributed by atoms with Gasteiger partial charge in [-0.1, -0.05) is 30.3 Å². The van der Waals surface area contributed by atoms with Gasteiger partial charge in [0.05, 0.1) is 6.61 Å². The Hall–Kier alpha value is -2.63. The molecule has 1 aliphatic rings. The molecular weight excluding hydrogens is 384 g/mol. The minimum absolute atomic E-state index is 0.477. The van der Waals surface area contributed by atoms with Crippen molar-refractivity contribution >= 4 is 0 Å². The molecule has 0 amide bonds. The van der Waals surface area contributed by atoms with Crippen molar-refractivity contribution in [3.8, 4) is 0 Å². The first-order valence-electron chi connectivity index (χ1n) is 11.2. The largest absolute Gasteiger partial charge is 0.384 e. The Morgan fingerprint density at radius 2 is 1.84 bits per heavy atom. The number of aromatic nitrogens is 3. The Kier molecular flexibility index (Phi) is 7.39. The van der Waals surface area contributed by atoms with Gasteiger partial charge in [-0.3, -0.25) is 9.88 Å². The molecule has 31 heavy (non-hydrogen) atoms. The van der Waals surface area contributed by atoms with Gasteiger partial charge in [-0.25, -0.2) is 9.97 Å². The molecule has 1 aromatic carbocycles. The highest BCUT2D eigenvalue weighted by atomic mass is 16.5. The van der Waals surface area contributed by atoms with Crippen molar-refractivity contribution in [2.45, 2.75) is 45.1 Å². The predicted octanol–water partition coefficient (Wildman–Crippen LogP) is 4.34. The van der Waals surface area contributed by atoms with Gasteiger partial charge in [0.1, 0.15) is 5.82 Å². The van der Waals surface area contributed by atoms with E-state index in [1.54, 1.807) is 7.11 Å². The molecule has 1 unspecified atom stereocenters. The molecule has 0 bridgehead atoms. The van der Waals surface area contributed by atoms with Crippen molar-refractivity contribution in [2.24, 2.45) is 0 Å². The topological polar surface area (TPSA) is 51.1 Å². The highest BCUT2D eigenvalue weighted by molar-refractivity contribution is 5.30. The molecule has 162 valence electrons. The van der Waals surface area contributed by atoms with Crippen LogP contribution in [0.15, 0.2) is 54.9 Å². The summed E-state index contributed by atoms with van der Waals surface area (Å²) in [6.45, 7) is 5.81. The van der Waals surface area contributed by atoms with Crippen LogP contribution in [0.5, 0.6) is 0 Å². The van der Waals surface area contributed by atoms with Crippen LogP contribution < -0.4 is 0 Å². The van der Waals surface area contributed by atoms with Crippen LogP contribution in [0.25, 0.3) is 0 Å². The number of ether oxygens (including phenoxy) is 1. The Bertz CT molecular complexity index is 959. The van der Waals surface area contributed by atoms with Gasteiger partial charge in [0, 0.05) is 61.9 Å². The molecule has 3 heterocycles. The fourth-order valence-corrected chi connectivity index (χ4v) is 4.40. The fraction of sp³-hybridized carbons (Fsp3) is 0.423. The maximum atomic E-state index is 5.11. The van der Waals surface area contributed by atoms with Gasteiger partial charge in [-0.15, -0.1) is 0 Å². The minimum atomic E-state index is 0.477. The predicted molar refractivity (Wildman–Crippen MR) is 123 cm³/mol. The second kappa shape index (κ2) is 10.6. The number of hydrogen-bond donors (Lipinski definition) is 0. The third-order valence-corrected chi connectivity index (χ3v) is 5.90. The van der Waals surface area contributed by atoms with Crippen LogP contribution in [0.2, 0.25) is 0 Å². The molecule has 0 N–H and O–H groups in total. The lowest BCUT2D eigenvalue weighted by Gasteiger charge is -2.32. The zero-order chi connectivity index (χ0) is 21.5. The Morgan fingerprint density at radius 1 is 1.03 bits per heavy atom. The van der Waals surface area contributed by atoms with Crippen LogP contribution in [-0.2, 0) is 24.1 Å². The summed E-state index contributed by atoms with van der Waals surface area (Å²) in [4.78, 5) is 16.4. The zero-order valence-corrected chi connectivity index (χ0v) is 18.6. The van der Waals surface area contributed by atoms with Crippen molar-refractivity contribution in [1.82, 2.24) is 19.9 Å². The molecule has 0 spiro atoms. The van der Waals surface area contributed by atoms with Gasteiger partial charge >= 0.3 is 0 Å². The molecular formula is C26H32N4O. The molecule has 0 radical (unpaired) electrons. The zero-order valence-electron chi connectivity index (χ0n) is 18.6. The molecule has 0 saturated carbocycles. The Balaban J connectivity index is 1.41. The number of hydrogen-bond acceptors (Lipinski definition) is 5. The molecule has 0 aliphatic carbocycles. The van der Waals surface area contributed by atoms with Crippen LogP contribution in [-0.4, -0.2) is 46.7 Å². The maximum Gasteiger partial charge on any atom is 0.130 e. The smallest absolute Gasteiger partial charge is 0.130 e. The average molecular weight is 417 g/mol. The minimum Gasteiger partial charge on any atom is -0.384 e. The van der Waals surface area contributed by atoms with Crippen molar-refractivity contribution in [1.29, 1.82) is 0 Å². The van der Waals surface area contributed by atoms with Crippen LogP contribution in [0.4, 0.5) is 0 Å². The molecule has 5 heteroatoms. The third kappa shape index (κ3) is 6.18. The monoisotopic (exact) mass is 416 g/mol. The van der Waals surface area contributed by atoms with Crippen molar-refractivity contribution in [2.75, 3.05) is 26.8 Å². The fourth-order valence-electron chi connectivity index (χ4n) is 4.40. The molecule has 5 nitrogen and oxygen atoms in total. The van der Waals surface area contributed by atoms with Gasteiger partial charge in [-0.05, 0) is 56.0 Å². The van der Waals surface area contributed by atoms with E-state index in [0.29, 0.717) is 12.5 Å². The second-order valence-electron chi connectivity index (χ2n) is 8.53. The molecule has 2 aromatic heterocycles. The van der Waals surface area contributed by atoms with Crippen LogP contribution in [0.1, 0.15) is 52.7 Å². The van der Waals surface area contributed by atoms with Crippen LogP contribution in [0, 0.1) is 6.92 Å². The van der Waals surface area contributed by atoms with Crippen molar-refractivity contribution < 1.29 is 4.74 Å². The van der Waals surface area contributed by atoms with E-state index in [1.807, 2.05) is 12.4 Å². The quantitative estimate of drug-likeness (QED) is 0.547. The standard InChI is InChI=1S/C26H32N4O/c1-20-13-22(14-21-7-4-3-5-8-21)15-25(29-20)24-9-6-11-30(19-24)18-23-16-27-26(28-17-23)10-12-31-2/h3-5,7-8,13,15-17,24H,6,9-12,14,18-19H2,1-2H3. The maximum absolute atomic E-state index is 5.11. The first kappa shape index (κ1) is 21.6. The third-order valence-electron chi connectivity index (χ3n) is 5.90. The lowest BCUT2D eigenvalue weighted by atomic mass is 9.92. The first-order valence-corrected chi connectivity index (χ1v) is 11.2. The van der Waals surface area contributed by atoms with Gasteiger partial charge in [-0.2, -0.15) is 0 Å². The summed E-state index contributed by atoms with van der Waals surface area (Å²) in [7, 11) is 1.70. The van der Waals surface area contributed by atoms with E-state index in [4.69, 9.17) is 9.72 Å². The SMILES string of the molecule is COCCc1ncc(CN2CCCC(c3cc(Cc4ccccc4)cc(C)n3)C2)cn1. The summed E-state index contributed by atoms with van der Waals surface area (Å²) in [5.74, 6) is 1.32. The normalized spacial score (nSPS) is 17.0. The number of rotatable bonds is 8. The molecule has 1 atom stereocenters. The average Bonchev–Trinajstić information content (AvgIpc) is 2.79. The van der Waals surface area contributed by atoms with E-state index >= 15 is 0 Å². The number of piperidine rings is 1. The van der Waals surface area contributed by atoms with E-state index in [-0.39, 0.29) is 0 Å². The Morgan fingerprint density at radius 3 is 2.61 bits per heavy atom. The summed E-state index contributed by atoms with van der Waals surface area (Å²) < 4.78 is 5.11. The Labute approximate surface area is 185 Å². The highest BCUT2D eigenvalue weighted by Crippen LogP contribution is 2.28. The molecule has 1 fully saturated rings. The molecule has 1 saturated heterocycles. The lowest BCUT2D eigenvalue weighted by molar-refractivity contribution is 0.197. The highest BCUT2D eigenvalue weighted by Gasteiger charge is 2.23. The van der Waals surface area contributed by atoms with E-state index in [2.05, 4.69) is 64.3 Å². The molecule has 4 rings (SSSR count). The van der Waals surface area contributed by atoms with E-state index < -0.39 is 0 Å². The van der Waals surface area contributed by atoms with Crippen LogP contribution >= 0.6 is 0 Å². The van der Waals surface area contributed by atoms with E-state index in [1.165, 1.54) is 35.2 Å². The number of benzene rings is 1. The van der Waals surface area contributed by atoms with Crippen molar-refractivity contribution in [3.63, 3.8) is 0 Å².